The van der Waals surface area contributed by atoms with E-state index in [9.17, 15) is 14.0 Å². The van der Waals surface area contributed by atoms with Gasteiger partial charge in [-0.1, -0.05) is 19.1 Å². The smallest absolute Gasteiger partial charge is 0.323 e. The van der Waals surface area contributed by atoms with E-state index in [2.05, 4.69) is 0 Å². The predicted octanol–water partition coefficient (Wildman–Crippen LogP) is 2.31. The van der Waals surface area contributed by atoms with Crippen molar-refractivity contribution in [3.8, 4) is 5.75 Å². The Balaban J connectivity index is 2.54. The highest BCUT2D eigenvalue weighted by Gasteiger charge is 2.21. The monoisotopic (exact) mass is 297 g/mol. The lowest BCUT2D eigenvalue weighted by Crippen LogP contribution is -2.42. The standard InChI is InChI=1S/C15H20FNO4/c1-3-11(2)17(10-15(19)20)14(18)8-9-21-13-7-5-4-6-12(13)16/h4-7,11H,3,8-10H2,1-2H3,(H,19,20). The van der Waals surface area contributed by atoms with Crippen LogP contribution in [0.15, 0.2) is 24.3 Å². The van der Waals surface area contributed by atoms with Crippen LogP contribution in [0.5, 0.6) is 5.75 Å². The van der Waals surface area contributed by atoms with Crippen molar-refractivity contribution in [1.82, 2.24) is 4.90 Å². The molecule has 1 aromatic carbocycles. The molecule has 0 aliphatic heterocycles. The third-order valence-electron chi connectivity index (χ3n) is 3.16. The summed E-state index contributed by atoms with van der Waals surface area (Å²) in [6, 6.07) is 5.76. The number of aliphatic carboxylic acids is 1. The molecule has 6 heteroatoms. The number of nitrogens with zero attached hydrogens (tertiary/aromatic N) is 1. The van der Waals surface area contributed by atoms with Gasteiger partial charge < -0.3 is 14.7 Å². The molecule has 0 aliphatic rings. The van der Waals surface area contributed by atoms with Gasteiger partial charge in [0.15, 0.2) is 11.6 Å². The van der Waals surface area contributed by atoms with E-state index in [1.165, 1.54) is 17.0 Å². The van der Waals surface area contributed by atoms with Gasteiger partial charge in [-0.15, -0.1) is 0 Å². The second-order valence-electron chi connectivity index (χ2n) is 4.70. The minimum absolute atomic E-state index is 0.00591. The van der Waals surface area contributed by atoms with E-state index < -0.39 is 11.8 Å². The molecule has 0 aliphatic carbocycles. The molecule has 0 aromatic heterocycles. The first-order chi connectivity index (χ1) is 9.95. The SMILES string of the molecule is CCC(C)N(CC(=O)O)C(=O)CCOc1ccccc1F. The van der Waals surface area contributed by atoms with Gasteiger partial charge in [0.1, 0.15) is 6.54 Å². The molecule has 0 saturated carbocycles. The lowest BCUT2D eigenvalue weighted by atomic mass is 10.2. The van der Waals surface area contributed by atoms with E-state index in [1.807, 2.05) is 6.92 Å². The Morgan fingerprint density at radius 2 is 2.05 bits per heavy atom. The number of benzene rings is 1. The average Bonchev–Trinajstić information content (AvgIpc) is 2.45. The maximum atomic E-state index is 13.3. The zero-order valence-electron chi connectivity index (χ0n) is 12.2. The van der Waals surface area contributed by atoms with E-state index in [4.69, 9.17) is 9.84 Å². The number of rotatable bonds is 8. The summed E-state index contributed by atoms with van der Waals surface area (Å²) < 4.78 is 18.5. The maximum Gasteiger partial charge on any atom is 0.323 e. The number of carboxylic acid groups (broad SMARTS) is 1. The van der Waals surface area contributed by atoms with E-state index >= 15 is 0 Å². The van der Waals surface area contributed by atoms with Crippen molar-refractivity contribution in [3.63, 3.8) is 0 Å². The summed E-state index contributed by atoms with van der Waals surface area (Å²) in [7, 11) is 0. The fourth-order valence-electron chi connectivity index (χ4n) is 1.81. The molecule has 1 atom stereocenters. The zero-order valence-corrected chi connectivity index (χ0v) is 12.2. The zero-order chi connectivity index (χ0) is 15.8. The Labute approximate surface area is 123 Å². The summed E-state index contributed by atoms with van der Waals surface area (Å²) in [4.78, 5) is 24.1. The van der Waals surface area contributed by atoms with Crippen LogP contribution in [-0.4, -0.2) is 41.1 Å². The highest BCUT2D eigenvalue weighted by molar-refractivity contribution is 5.81. The van der Waals surface area contributed by atoms with Crippen LogP contribution in [0.25, 0.3) is 0 Å². The van der Waals surface area contributed by atoms with Crippen LogP contribution < -0.4 is 4.74 Å². The van der Waals surface area contributed by atoms with E-state index in [0.717, 1.165) is 0 Å². The van der Waals surface area contributed by atoms with Crippen molar-refractivity contribution in [2.45, 2.75) is 32.7 Å². The third-order valence-corrected chi connectivity index (χ3v) is 3.16. The first-order valence-electron chi connectivity index (χ1n) is 6.84. The third kappa shape index (κ3) is 5.41. The minimum Gasteiger partial charge on any atom is -0.490 e. The van der Waals surface area contributed by atoms with E-state index in [1.54, 1.807) is 19.1 Å². The molecule has 5 nitrogen and oxygen atoms in total. The summed E-state index contributed by atoms with van der Waals surface area (Å²) in [6.45, 7) is 3.33. The van der Waals surface area contributed by atoms with Crippen molar-refractivity contribution in [3.05, 3.63) is 30.1 Å². The van der Waals surface area contributed by atoms with Gasteiger partial charge in [-0.3, -0.25) is 9.59 Å². The van der Waals surface area contributed by atoms with Crippen molar-refractivity contribution in [1.29, 1.82) is 0 Å². The molecule has 0 heterocycles. The lowest BCUT2D eigenvalue weighted by molar-refractivity contribution is -0.146. The van der Waals surface area contributed by atoms with Crippen molar-refractivity contribution in [2.24, 2.45) is 0 Å². The molecule has 0 fully saturated rings. The molecule has 1 N–H and O–H groups in total. The van der Waals surface area contributed by atoms with Crippen LogP contribution in [0.4, 0.5) is 4.39 Å². The van der Waals surface area contributed by atoms with Crippen LogP contribution in [0.1, 0.15) is 26.7 Å². The number of hydrogen-bond donors (Lipinski definition) is 1. The topological polar surface area (TPSA) is 66.8 Å². The van der Waals surface area contributed by atoms with Crippen LogP contribution >= 0.6 is 0 Å². The van der Waals surface area contributed by atoms with Gasteiger partial charge in [-0.05, 0) is 25.5 Å². The first kappa shape index (κ1) is 16.9. The van der Waals surface area contributed by atoms with Gasteiger partial charge in [0.2, 0.25) is 5.91 Å². The van der Waals surface area contributed by atoms with Crippen molar-refractivity contribution >= 4 is 11.9 Å². The number of carboxylic acids is 1. The number of ether oxygens (including phenoxy) is 1. The minimum atomic E-state index is -1.06. The van der Waals surface area contributed by atoms with Crippen LogP contribution in [0.2, 0.25) is 0 Å². The summed E-state index contributed by atoms with van der Waals surface area (Å²) in [5, 5.41) is 8.84. The van der Waals surface area contributed by atoms with Gasteiger partial charge >= 0.3 is 5.97 Å². The van der Waals surface area contributed by atoms with Gasteiger partial charge in [0.25, 0.3) is 0 Å². The summed E-state index contributed by atoms with van der Waals surface area (Å²) in [5.41, 5.74) is 0. The lowest BCUT2D eigenvalue weighted by Gasteiger charge is -2.27. The highest BCUT2D eigenvalue weighted by atomic mass is 19.1. The molecular formula is C15H20FNO4. The molecule has 0 saturated heterocycles. The Morgan fingerprint density at radius 3 is 2.62 bits per heavy atom. The number of halogens is 1. The van der Waals surface area contributed by atoms with Gasteiger partial charge in [-0.2, -0.15) is 0 Å². The number of carbonyl (C=O) groups is 2. The molecule has 0 radical (unpaired) electrons. The van der Waals surface area contributed by atoms with Gasteiger partial charge in [0, 0.05) is 6.04 Å². The number of hydrogen-bond acceptors (Lipinski definition) is 3. The maximum absolute atomic E-state index is 13.3. The molecule has 0 spiro atoms. The first-order valence-corrected chi connectivity index (χ1v) is 6.84. The Kier molecular flexibility index (Phi) is 6.65. The Bertz CT molecular complexity index is 492. The molecule has 1 unspecified atom stereocenters. The summed E-state index contributed by atoms with van der Waals surface area (Å²) >= 11 is 0. The molecule has 0 bridgehead atoms. The number of amides is 1. The normalized spacial score (nSPS) is 11.8. The molecular weight excluding hydrogens is 277 g/mol. The Hall–Kier alpha value is -2.11. The molecule has 1 aromatic rings. The van der Waals surface area contributed by atoms with Crippen LogP contribution in [0.3, 0.4) is 0 Å². The largest absolute Gasteiger partial charge is 0.490 e. The summed E-state index contributed by atoms with van der Waals surface area (Å²) in [5.74, 6) is -1.78. The molecule has 1 amide bonds. The second-order valence-corrected chi connectivity index (χ2v) is 4.70. The van der Waals surface area contributed by atoms with Gasteiger partial charge in [-0.25, -0.2) is 4.39 Å². The molecule has 1 rings (SSSR count). The van der Waals surface area contributed by atoms with E-state index in [-0.39, 0.29) is 37.3 Å². The predicted molar refractivity (Wildman–Crippen MR) is 75.6 cm³/mol. The van der Waals surface area contributed by atoms with Crippen LogP contribution in [-0.2, 0) is 9.59 Å². The number of para-hydroxylation sites is 1. The molecule has 116 valence electrons. The van der Waals surface area contributed by atoms with Gasteiger partial charge in [0.05, 0.1) is 13.0 Å². The second kappa shape index (κ2) is 8.24. The highest BCUT2D eigenvalue weighted by Crippen LogP contribution is 2.15. The summed E-state index contributed by atoms with van der Waals surface area (Å²) in [6.07, 6.45) is 0.666. The molecule has 21 heavy (non-hydrogen) atoms. The van der Waals surface area contributed by atoms with E-state index in [0.29, 0.717) is 6.42 Å². The quantitative estimate of drug-likeness (QED) is 0.799. The number of carbonyl (C=O) groups excluding carboxylic acids is 1. The Morgan fingerprint density at radius 1 is 1.38 bits per heavy atom. The fraction of sp³-hybridized carbons (Fsp3) is 0.467. The average molecular weight is 297 g/mol. The van der Waals surface area contributed by atoms with Crippen LogP contribution in [0, 0.1) is 5.82 Å². The fourth-order valence-corrected chi connectivity index (χ4v) is 1.81. The van der Waals surface area contributed by atoms with Crippen molar-refractivity contribution < 1.29 is 23.8 Å². The van der Waals surface area contributed by atoms with Crippen molar-refractivity contribution in [2.75, 3.05) is 13.2 Å².